The third kappa shape index (κ3) is 4.11. The maximum Gasteiger partial charge on any atom is 0.308 e. The molecule has 3 heteroatoms. The van der Waals surface area contributed by atoms with Crippen LogP contribution in [0.3, 0.4) is 0 Å². The van der Waals surface area contributed by atoms with Gasteiger partial charge in [-0.2, -0.15) is 0 Å². The molecule has 0 amide bonds. The first-order valence-electron chi connectivity index (χ1n) is 4.16. The minimum Gasteiger partial charge on any atom is -0.466 e. The number of hydrogen-bond acceptors (Lipinski definition) is 3. The molecule has 12 heavy (non-hydrogen) atoms. The lowest BCUT2D eigenvalue weighted by atomic mass is 9.99. The van der Waals surface area contributed by atoms with Crippen LogP contribution < -0.4 is 0 Å². The van der Waals surface area contributed by atoms with Crippen LogP contribution in [0.15, 0.2) is 0 Å². The lowest BCUT2D eigenvalue weighted by molar-refractivity contribution is -0.147. The fourth-order valence-electron chi connectivity index (χ4n) is 0.959. The summed E-state index contributed by atoms with van der Waals surface area (Å²) in [7, 11) is 0. The van der Waals surface area contributed by atoms with Crippen molar-refractivity contribution < 1.29 is 14.3 Å². The topological polar surface area (TPSA) is 43.4 Å². The molecule has 3 nitrogen and oxygen atoms in total. The maximum atomic E-state index is 11.0. The first-order valence-corrected chi connectivity index (χ1v) is 4.16. The molecule has 0 bridgehead atoms. The van der Waals surface area contributed by atoms with Gasteiger partial charge in [-0.25, -0.2) is 0 Å². The molecule has 0 fully saturated rings. The molecule has 69 valence electrons. The molecule has 0 aromatic rings. The van der Waals surface area contributed by atoms with Gasteiger partial charge in [-0.05, 0) is 13.3 Å². The van der Waals surface area contributed by atoms with Gasteiger partial charge in [0, 0.05) is 5.92 Å². The van der Waals surface area contributed by atoms with Gasteiger partial charge in [-0.3, -0.25) is 9.59 Å². The second-order valence-corrected chi connectivity index (χ2v) is 2.91. The monoisotopic (exact) mass is 171 g/mol. The van der Waals surface area contributed by atoms with E-state index in [0.29, 0.717) is 13.0 Å². The molecule has 0 aliphatic carbocycles. The van der Waals surface area contributed by atoms with E-state index in [1.54, 1.807) is 20.8 Å². The Balaban J connectivity index is 3.77. The Morgan fingerprint density at radius 3 is 2.50 bits per heavy atom. The molecule has 2 atom stereocenters. The summed E-state index contributed by atoms with van der Waals surface area (Å²) in [5.41, 5.74) is 0. The number of carbonyl (C=O) groups is 1. The highest BCUT2D eigenvalue weighted by molar-refractivity contribution is 5.72. The van der Waals surface area contributed by atoms with Crippen molar-refractivity contribution in [2.24, 2.45) is 11.8 Å². The first kappa shape index (κ1) is 11.1. The summed E-state index contributed by atoms with van der Waals surface area (Å²) in [5.74, 6) is -0.634. The van der Waals surface area contributed by atoms with Crippen LogP contribution in [0.5, 0.6) is 0 Å². The summed E-state index contributed by atoms with van der Waals surface area (Å²) in [6.07, 6.45) is 2.35. The van der Waals surface area contributed by atoms with E-state index in [1.165, 1.54) is 0 Å². The summed E-state index contributed by atoms with van der Waals surface area (Å²) in [6, 6.07) is 0. The van der Waals surface area contributed by atoms with Crippen LogP contribution in [0, 0.1) is 11.8 Å². The fourth-order valence-corrected chi connectivity index (χ4v) is 0.959. The van der Waals surface area contributed by atoms with Crippen LogP contribution in [-0.2, 0) is 14.3 Å². The summed E-state index contributed by atoms with van der Waals surface area (Å²) >= 11 is 0. The van der Waals surface area contributed by atoms with Crippen molar-refractivity contribution >= 4 is 12.3 Å². The lowest BCUT2D eigenvalue weighted by Gasteiger charge is -2.10. The highest BCUT2D eigenvalue weighted by Gasteiger charge is 2.16. The van der Waals surface area contributed by atoms with Gasteiger partial charge >= 0.3 is 5.97 Å². The van der Waals surface area contributed by atoms with Gasteiger partial charge in [0.2, 0.25) is 6.29 Å². The Morgan fingerprint density at radius 1 is 1.50 bits per heavy atom. The van der Waals surface area contributed by atoms with Crippen LogP contribution >= 0.6 is 0 Å². The predicted octanol–water partition coefficient (Wildman–Crippen LogP) is 1.32. The number of esters is 1. The average Bonchev–Trinajstić information content (AvgIpc) is 2.04. The largest absolute Gasteiger partial charge is 0.466 e. The standard InChI is InChI=1S/C9H15O3/c1-4-12-9(11)8(3)5-7(2)6-10/h7-8H,4-5H2,1-3H3. The van der Waals surface area contributed by atoms with Gasteiger partial charge < -0.3 is 4.74 Å². The molecule has 0 N–H and O–H groups in total. The third-order valence-corrected chi connectivity index (χ3v) is 1.60. The Kier molecular flexibility index (Phi) is 5.34. The Hall–Kier alpha value is -0.860. The zero-order chi connectivity index (χ0) is 9.56. The lowest BCUT2D eigenvalue weighted by Crippen LogP contribution is -2.17. The smallest absolute Gasteiger partial charge is 0.308 e. The molecule has 1 radical (unpaired) electrons. The van der Waals surface area contributed by atoms with Crippen molar-refractivity contribution in [2.45, 2.75) is 27.2 Å². The van der Waals surface area contributed by atoms with Crippen molar-refractivity contribution in [2.75, 3.05) is 6.61 Å². The van der Waals surface area contributed by atoms with Crippen LogP contribution in [0.25, 0.3) is 0 Å². The van der Waals surface area contributed by atoms with E-state index in [9.17, 15) is 9.59 Å². The normalized spacial score (nSPS) is 14.9. The molecule has 0 spiro atoms. The van der Waals surface area contributed by atoms with Gasteiger partial charge in [0.15, 0.2) is 0 Å². The minimum absolute atomic E-state index is 0.190. The quantitative estimate of drug-likeness (QED) is 0.586. The van der Waals surface area contributed by atoms with Gasteiger partial charge in [0.05, 0.1) is 12.5 Å². The predicted molar refractivity (Wildman–Crippen MR) is 45.3 cm³/mol. The third-order valence-electron chi connectivity index (χ3n) is 1.60. The number of rotatable bonds is 5. The minimum atomic E-state index is -0.236. The molecule has 0 saturated carbocycles. The molecule has 2 unspecified atom stereocenters. The summed E-state index contributed by atoms with van der Waals surface area (Å²) < 4.78 is 4.78. The molecule has 0 aliphatic heterocycles. The van der Waals surface area contributed by atoms with E-state index in [1.807, 2.05) is 6.29 Å². The van der Waals surface area contributed by atoms with Crippen molar-refractivity contribution in [1.82, 2.24) is 0 Å². The van der Waals surface area contributed by atoms with Crippen molar-refractivity contribution in [1.29, 1.82) is 0 Å². The van der Waals surface area contributed by atoms with Crippen molar-refractivity contribution in [3.63, 3.8) is 0 Å². The average molecular weight is 171 g/mol. The van der Waals surface area contributed by atoms with Crippen LogP contribution in [0.1, 0.15) is 27.2 Å². The molecule has 0 heterocycles. The Labute approximate surface area is 73.1 Å². The number of carbonyl (C=O) groups excluding carboxylic acids is 2. The number of hydrogen-bond donors (Lipinski definition) is 0. The SMILES string of the molecule is CCOC(=O)C(C)CC(C)[C]=O. The number of ether oxygens (including phenoxy) is 1. The summed E-state index contributed by atoms with van der Waals surface area (Å²) in [6.45, 7) is 5.65. The van der Waals surface area contributed by atoms with Crippen molar-refractivity contribution in [3.8, 4) is 0 Å². The Bertz CT molecular complexity index is 154. The van der Waals surface area contributed by atoms with E-state index >= 15 is 0 Å². The summed E-state index contributed by atoms with van der Waals surface area (Å²) in [4.78, 5) is 21.2. The van der Waals surface area contributed by atoms with E-state index in [-0.39, 0.29) is 17.8 Å². The summed E-state index contributed by atoms with van der Waals surface area (Å²) in [5, 5.41) is 0. The van der Waals surface area contributed by atoms with Crippen molar-refractivity contribution in [3.05, 3.63) is 0 Å². The highest BCUT2D eigenvalue weighted by atomic mass is 16.5. The molecule has 0 rings (SSSR count). The van der Waals surface area contributed by atoms with Crippen LogP contribution in [-0.4, -0.2) is 18.9 Å². The molecule has 0 aromatic carbocycles. The fraction of sp³-hybridized carbons (Fsp3) is 0.778. The second-order valence-electron chi connectivity index (χ2n) is 2.91. The van der Waals surface area contributed by atoms with Gasteiger partial charge in [0.1, 0.15) is 0 Å². The molecule has 0 saturated heterocycles. The second kappa shape index (κ2) is 5.75. The zero-order valence-corrected chi connectivity index (χ0v) is 7.79. The van der Waals surface area contributed by atoms with E-state index in [2.05, 4.69) is 0 Å². The molecular weight excluding hydrogens is 156 g/mol. The van der Waals surface area contributed by atoms with E-state index < -0.39 is 0 Å². The van der Waals surface area contributed by atoms with E-state index in [4.69, 9.17) is 4.74 Å². The molecular formula is C9H15O3. The van der Waals surface area contributed by atoms with E-state index in [0.717, 1.165) is 0 Å². The van der Waals surface area contributed by atoms with Gasteiger partial charge in [-0.15, -0.1) is 0 Å². The zero-order valence-electron chi connectivity index (χ0n) is 7.79. The highest BCUT2D eigenvalue weighted by Crippen LogP contribution is 2.11. The Morgan fingerprint density at radius 2 is 2.08 bits per heavy atom. The van der Waals surface area contributed by atoms with Crippen LogP contribution in [0.4, 0.5) is 0 Å². The van der Waals surface area contributed by atoms with Crippen LogP contribution in [0.2, 0.25) is 0 Å². The molecule has 0 aromatic heterocycles. The maximum absolute atomic E-state index is 11.0. The molecule has 0 aliphatic rings. The van der Waals surface area contributed by atoms with Gasteiger partial charge in [0.25, 0.3) is 0 Å². The first-order chi connectivity index (χ1) is 5.61. The van der Waals surface area contributed by atoms with Gasteiger partial charge in [-0.1, -0.05) is 13.8 Å².